The zero-order valence-electron chi connectivity index (χ0n) is 7.13. The summed E-state index contributed by atoms with van der Waals surface area (Å²) in [6.07, 6.45) is 4.11. The molecule has 0 N–H and O–H groups in total. The van der Waals surface area contributed by atoms with Crippen molar-refractivity contribution >= 4 is 18.0 Å². The fraction of sp³-hybridized carbons (Fsp3) is 0.875. The summed E-state index contributed by atoms with van der Waals surface area (Å²) in [7, 11) is 0. The zero-order chi connectivity index (χ0) is 9.40. The minimum Gasteiger partial charge on any atom is -0.302 e. The number of hydrogen-bond acceptors (Lipinski definition) is 2. The lowest BCUT2D eigenvalue weighted by Crippen LogP contribution is -2.06. The molecule has 0 saturated carbocycles. The van der Waals surface area contributed by atoms with Gasteiger partial charge in [-0.3, -0.25) is 0 Å². The topological polar surface area (TPSA) is 17.1 Å². The van der Waals surface area contributed by atoms with E-state index in [-0.39, 0.29) is 0 Å². The molecule has 0 bridgehead atoms. The van der Waals surface area contributed by atoms with Gasteiger partial charge in [0.05, 0.1) is 5.25 Å². The maximum Gasteiger partial charge on any atom is 0.285 e. The van der Waals surface area contributed by atoms with Crippen LogP contribution in [0.25, 0.3) is 0 Å². The van der Waals surface area contributed by atoms with Gasteiger partial charge in [-0.25, -0.2) is 0 Å². The van der Waals surface area contributed by atoms with Gasteiger partial charge in [0.2, 0.25) is 0 Å². The average Bonchev–Trinajstić information content (AvgIpc) is 2.02. The third-order valence-corrected chi connectivity index (χ3v) is 2.42. The SMILES string of the molecule is CCCCCC(C=O)SC(F)F. The van der Waals surface area contributed by atoms with Gasteiger partial charge in [0.1, 0.15) is 6.29 Å². The minimum atomic E-state index is -2.43. The number of thioether (sulfide) groups is 1. The molecule has 0 fully saturated rings. The molecule has 0 aromatic carbocycles. The van der Waals surface area contributed by atoms with Crippen molar-refractivity contribution in [1.82, 2.24) is 0 Å². The van der Waals surface area contributed by atoms with Crippen LogP contribution in [-0.4, -0.2) is 17.3 Å². The second kappa shape index (κ2) is 7.53. The van der Waals surface area contributed by atoms with Crippen molar-refractivity contribution in [2.24, 2.45) is 0 Å². The molecule has 0 aromatic rings. The highest BCUT2D eigenvalue weighted by Gasteiger charge is 2.13. The molecule has 0 heterocycles. The summed E-state index contributed by atoms with van der Waals surface area (Å²) in [5, 5.41) is -0.517. The number of rotatable bonds is 7. The fourth-order valence-electron chi connectivity index (χ4n) is 0.896. The summed E-state index contributed by atoms with van der Waals surface area (Å²) in [6.45, 7) is 2.04. The molecule has 0 rings (SSSR count). The summed E-state index contributed by atoms with van der Waals surface area (Å²) in [6, 6.07) is 0. The van der Waals surface area contributed by atoms with Crippen molar-refractivity contribution in [1.29, 1.82) is 0 Å². The van der Waals surface area contributed by atoms with Crippen molar-refractivity contribution in [3.8, 4) is 0 Å². The molecule has 0 aromatic heterocycles. The van der Waals surface area contributed by atoms with Gasteiger partial charge in [-0.2, -0.15) is 8.78 Å². The van der Waals surface area contributed by atoms with Gasteiger partial charge in [-0.15, -0.1) is 0 Å². The van der Waals surface area contributed by atoms with E-state index >= 15 is 0 Å². The molecule has 1 unspecified atom stereocenters. The molecule has 0 aliphatic rings. The third kappa shape index (κ3) is 6.58. The number of aldehydes is 1. The predicted octanol–water partition coefficient (Wildman–Crippen LogP) is 3.09. The number of carbonyl (C=O) groups excluding carboxylic acids is 1. The minimum absolute atomic E-state index is 0.449. The van der Waals surface area contributed by atoms with Crippen LogP contribution >= 0.6 is 11.8 Å². The van der Waals surface area contributed by atoms with Crippen LogP contribution in [0.3, 0.4) is 0 Å². The van der Waals surface area contributed by atoms with Crippen LogP contribution in [-0.2, 0) is 4.79 Å². The molecule has 0 amide bonds. The first-order chi connectivity index (χ1) is 5.70. The molecule has 1 atom stereocenters. The third-order valence-electron chi connectivity index (χ3n) is 1.52. The number of unbranched alkanes of at least 4 members (excludes halogenated alkanes) is 2. The van der Waals surface area contributed by atoms with Crippen LogP contribution in [0, 0.1) is 0 Å². The van der Waals surface area contributed by atoms with E-state index in [0.29, 0.717) is 24.5 Å². The summed E-state index contributed by atoms with van der Waals surface area (Å²) < 4.78 is 23.6. The largest absolute Gasteiger partial charge is 0.302 e. The van der Waals surface area contributed by atoms with Crippen LogP contribution in [0.2, 0.25) is 0 Å². The van der Waals surface area contributed by atoms with E-state index in [2.05, 4.69) is 0 Å². The molecule has 0 saturated heterocycles. The van der Waals surface area contributed by atoms with Crippen molar-refractivity contribution in [2.75, 3.05) is 0 Å². The first kappa shape index (κ1) is 11.9. The Balaban J connectivity index is 3.46. The number of hydrogen-bond donors (Lipinski definition) is 0. The summed E-state index contributed by atoms with van der Waals surface area (Å²) >= 11 is 0.449. The average molecular weight is 196 g/mol. The van der Waals surface area contributed by atoms with Gasteiger partial charge < -0.3 is 4.79 Å². The second-order valence-electron chi connectivity index (χ2n) is 2.57. The van der Waals surface area contributed by atoms with Crippen LogP contribution in [0.5, 0.6) is 0 Å². The lowest BCUT2D eigenvalue weighted by Gasteiger charge is -2.07. The van der Waals surface area contributed by atoms with Crippen LogP contribution in [0.1, 0.15) is 32.6 Å². The van der Waals surface area contributed by atoms with Gasteiger partial charge in [0.15, 0.2) is 0 Å². The van der Waals surface area contributed by atoms with Gasteiger partial charge in [0.25, 0.3) is 5.76 Å². The van der Waals surface area contributed by atoms with E-state index in [1.165, 1.54) is 0 Å². The lowest BCUT2D eigenvalue weighted by atomic mass is 10.2. The lowest BCUT2D eigenvalue weighted by molar-refractivity contribution is -0.107. The number of carbonyl (C=O) groups is 1. The van der Waals surface area contributed by atoms with Gasteiger partial charge >= 0.3 is 0 Å². The Kier molecular flexibility index (Phi) is 7.45. The number of halogens is 2. The Morgan fingerprint density at radius 2 is 2.08 bits per heavy atom. The number of alkyl halides is 2. The quantitative estimate of drug-likeness (QED) is 0.459. The molecule has 0 aliphatic carbocycles. The molecule has 1 nitrogen and oxygen atoms in total. The Hall–Kier alpha value is -0.120. The van der Waals surface area contributed by atoms with Gasteiger partial charge in [-0.1, -0.05) is 37.9 Å². The molecular formula is C8H14F2OS. The Morgan fingerprint density at radius 1 is 1.42 bits per heavy atom. The van der Waals surface area contributed by atoms with E-state index in [4.69, 9.17) is 0 Å². The summed E-state index contributed by atoms with van der Waals surface area (Å²) in [5.41, 5.74) is 0. The van der Waals surface area contributed by atoms with Crippen LogP contribution < -0.4 is 0 Å². The highest BCUT2D eigenvalue weighted by molar-refractivity contribution is 8.00. The van der Waals surface area contributed by atoms with Gasteiger partial charge in [0, 0.05) is 0 Å². The van der Waals surface area contributed by atoms with Crippen molar-refractivity contribution < 1.29 is 13.6 Å². The van der Waals surface area contributed by atoms with Crippen LogP contribution in [0.4, 0.5) is 8.78 Å². The highest BCUT2D eigenvalue weighted by atomic mass is 32.2. The normalized spacial score (nSPS) is 13.3. The maximum absolute atomic E-state index is 11.8. The fourth-order valence-corrected chi connectivity index (χ4v) is 1.53. The van der Waals surface area contributed by atoms with Crippen molar-refractivity contribution in [2.45, 2.75) is 43.6 Å². The van der Waals surface area contributed by atoms with E-state index in [1.807, 2.05) is 6.92 Å². The summed E-state index contributed by atoms with van der Waals surface area (Å²) in [5.74, 6) is -2.43. The van der Waals surface area contributed by atoms with Crippen molar-refractivity contribution in [3.05, 3.63) is 0 Å². The Labute approximate surface area is 75.9 Å². The van der Waals surface area contributed by atoms with E-state index in [0.717, 1.165) is 19.3 Å². The van der Waals surface area contributed by atoms with E-state index in [1.54, 1.807) is 0 Å². The highest BCUT2D eigenvalue weighted by Crippen LogP contribution is 2.22. The molecule has 72 valence electrons. The molecule has 0 aliphatic heterocycles. The standard InChI is InChI=1S/C8H14F2OS/c1-2-3-4-5-7(6-11)12-8(9)10/h6-8H,2-5H2,1H3. The monoisotopic (exact) mass is 196 g/mol. The van der Waals surface area contributed by atoms with Crippen molar-refractivity contribution in [3.63, 3.8) is 0 Å². The molecule has 12 heavy (non-hydrogen) atoms. The molecule has 4 heteroatoms. The van der Waals surface area contributed by atoms with E-state index in [9.17, 15) is 13.6 Å². The van der Waals surface area contributed by atoms with Crippen LogP contribution in [0.15, 0.2) is 0 Å². The predicted molar refractivity (Wildman–Crippen MR) is 47.6 cm³/mol. The molecule has 0 radical (unpaired) electrons. The maximum atomic E-state index is 11.8. The first-order valence-electron chi connectivity index (χ1n) is 4.09. The first-order valence-corrected chi connectivity index (χ1v) is 5.04. The Bertz CT molecular complexity index is 120. The Morgan fingerprint density at radius 3 is 2.50 bits per heavy atom. The molecule has 0 spiro atoms. The van der Waals surface area contributed by atoms with E-state index < -0.39 is 11.0 Å². The summed E-state index contributed by atoms with van der Waals surface area (Å²) in [4.78, 5) is 10.3. The zero-order valence-corrected chi connectivity index (χ0v) is 7.95. The second-order valence-corrected chi connectivity index (χ2v) is 3.80. The molecular weight excluding hydrogens is 182 g/mol. The smallest absolute Gasteiger partial charge is 0.285 e. The van der Waals surface area contributed by atoms with Gasteiger partial charge in [-0.05, 0) is 6.42 Å².